The number of rotatable bonds is 7. The number of nitrogens with zero attached hydrogens (tertiary/aromatic N) is 2. The van der Waals surface area contributed by atoms with E-state index in [1.165, 1.54) is 16.7 Å². The van der Waals surface area contributed by atoms with Crippen molar-refractivity contribution in [3.05, 3.63) is 102 Å². The molecule has 5 rings (SSSR count). The zero-order valence-corrected chi connectivity index (χ0v) is 18.0. The molecule has 0 radical (unpaired) electrons. The second kappa shape index (κ2) is 8.46. The van der Waals surface area contributed by atoms with Crippen LogP contribution in [-0.2, 0) is 13.1 Å². The minimum atomic E-state index is 0.0621. The van der Waals surface area contributed by atoms with Crippen LogP contribution in [0.2, 0.25) is 0 Å². The molecule has 1 spiro atoms. The van der Waals surface area contributed by atoms with Gasteiger partial charge in [-0.1, -0.05) is 78.9 Å². The fourth-order valence-electron chi connectivity index (χ4n) is 5.71. The Kier molecular flexibility index (Phi) is 5.53. The van der Waals surface area contributed by atoms with Crippen molar-refractivity contribution >= 4 is 0 Å². The normalized spacial score (nSPS) is 22.6. The van der Waals surface area contributed by atoms with Crippen LogP contribution in [0.4, 0.5) is 0 Å². The maximum atomic E-state index is 10.3. The van der Waals surface area contributed by atoms with Crippen LogP contribution < -0.4 is 4.74 Å². The summed E-state index contributed by atoms with van der Waals surface area (Å²) < 4.78 is 5.56. The number of likely N-dealkylation sites (tertiary alicyclic amines) is 2. The van der Waals surface area contributed by atoms with Gasteiger partial charge in [0.05, 0.1) is 19.3 Å². The second-order valence-electron chi connectivity index (χ2n) is 8.81. The molecule has 2 aliphatic rings. The lowest BCUT2D eigenvalue weighted by molar-refractivity contribution is -0.197. The first-order valence-electron chi connectivity index (χ1n) is 11.1. The monoisotopic (exact) mass is 414 g/mol. The molecule has 2 saturated heterocycles. The smallest absolute Gasteiger partial charge is 0.123 e. The van der Waals surface area contributed by atoms with E-state index in [1.54, 1.807) is 7.11 Å². The first kappa shape index (κ1) is 20.3. The molecule has 1 N–H and O–H groups in total. The van der Waals surface area contributed by atoms with Gasteiger partial charge in [0.25, 0.3) is 0 Å². The number of aliphatic hydroxyl groups excluding tert-OH is 1. The van der Waals surface area contributed by atoms with E-state index in [-0.39, 0.29) is 18.2 Å². The van der Waals surface area contributed by atoms with Gasteiger partial charge in [0.1, 0.15) is 5.75 Å². The summed E-state index contributed by atoms with van der Waals surface area (Å²) in [7, 11) is 1.74. The SMILES string of the molecule is COc1ccccc1CN1CC2(C1)[C@H](c1ccccc1)[C@H](CO)N2Cc1ccccc1. The van der Waals surface area contributed by atoms with E-state index < -0.39 is 0 Å². The van der Waals surface area contributed by atoms with Gasteiger partial charge in [-0.2, -0.15) is 0 Å². The van der Waals surface area contributed by atoms with Crippen LogP contribution in [0.25, 0.3) is 0 Å². The van der Waals surface area contributed by atoms with Crippen molar-refractivity contribution in [2.75, 3.05) is 26.8 Å². The number of para-hydroxylation sites is 1. The molecule has 0 aliphatic carbocycles. The summed E-state index contributed by atoms with van der Waals surface area (Å²) >= 11 is 0. The summed E-state index contributed by atoms with van der Waals surface area (Å²) in [6.07, 6.45) is 0. The Balaban J connectivity index is 1.40. The quantitative estimate of drug-likeness (QED) is 0.636. The van der Waals surface area contributed by atoms with Crippen LogP contribution in [-0.4, -0.2) is 53.3 Å². The van der Waals surface area contributed by atoms with Crippen molar-refractivity contribution in [1.29, 1.82) is 0 Å². The molecule has 2 heterocycles. The van der Waals surface area contributed by atoms with Crippen molar-refractivity contribution in [1.82, 2.24) is 9.80 Å². The average Bonchev–Trinajstić information content (AvgIpc) is 2.79. The van der Waals surface area contributed by atoms with Gasteiger partial charge in [0.2, 0.25) is 0 Å². The van der Waals surface area contributed by atoms with Crippen molar-refractivity contribution in [2.45, 2.75) is 30.6 Å². The molecule has 4 nitrogen and oxygen atoms in total. The lowest BCUT2D eigenvalue weighted by Crippen LogP contribution is -2.83. The summed E-state index contributed by atoms with van der Waals surface area (Å²) in [5, 5.41) is 10.3. The van der Waals surface area contributed by atoms with Crippen molar-refractivity contribution in [3.8, 4) is 5.75 Å². The maximum absolute atomic E-state index is 10.3. The molecule has 0 aromatic heterocycles. The largest absolute Gasteiger partial charge is 0.496 e. The molecule has 3 aromatic carbocycles. The molecule has 0 bridgehead atoms. The van der Waals surface area contributed by atoms with E-state index in [1.807, 2.05) is 12.1 Å². The molecule has 2 atom stereocenters. The van der Waals surface area contributed by atoms with Crippen molar-refractivity contribution in [3.63, 3.8) is 0 Å². The Bertz CT molecular complexity index is 1000. The molecule has 0 saturated carbocycles. The van der Waals surface area contributed by atoms with E-state index >= 15 is 0 Å². The predicted octanol–water partition coefficient (Wildman–Crippen LogP) is 3.91. The molecule has 2 fully saturated rings. The molecule has 0 amide bonds. The predicted molar refractivity (Wildman–Crippen MR) is 123 cm³/mol. The van der Waals surface area contributed by atoms with Crippen molar-refractivity contribution < 1.29 is 9.84 Å². The Morgan fingerprint density at radius 3 is 2.19 bits per heavy atom. The lowest BCUT2D eigenvalue weighted by atomic mass is 9.60. The number of hydrogen-bond donors (Lipinski definition) is 1. The molecule has 3 aromatic rings. The Labute approximate surface area is 184 Å². The third-order valence-electron chi connectivity index (χ3n) is 7.06. The van der Waals surface area contributed by atoms with Crippen LogP contribution in [0.15, 0.2) is 84.9 Å². The lowest BCUT2D eigenvalue weighted by Gasteiger charge is -2.71. The van der Waals surface area contributed by atoms with Gasteiger partial charge in [-0.15, -0.1) is 0 Å². The van der Waals surface area contributed by atoms with Crippen LogP contribution >= 0.6 is 0 Å². The van der Waals surface area contributed by atoms with E-state index in [0.29, 0.717) is 5.92 Å². The van der Waals surface area contributed by atoms with E-state index in [0.717, 1.165) is 31.9 Å². The fraction of sp³-hybridized carbons (Fsp3) is 0.333. The van der Waals surface area contributed by atoms with Crippen LogP contribution in [0.3, 0.4) is 0 Å². The number of aliphatic hydroxyl groups is 1. The Morgan fingerprint density at radius 1 is 0.871 bits per heavy atom. The molecule has 160 valence electrons. The summed E-state index contributed by atoms with van der Waals surface area (Å²) in [5.74, 6) is 1.29. The summed E-state index contributed by atoms with van der Waals surface area (Å²) in [6, 6.07) is 29.8. The summed E-state index contributed by atoms with van der Waals surface area (Å²) in [6.45, 7) is 3.93. The molecular formula is C27H30N2O2. The van der Waals surface area contributed by atoms with Gasteiger partial charge in [-0.25, -0.2) is 0 Å². The molecular weight excluding hydrogens is 384 g/mol. The van der Waals surface area contributed by atoms with Crippen LogP contribution in [0.1, 0.15) is 22.6 Å². The highest BCUT2D eigenvalue weighted by molar-refractivity contribution is 5.38. The Hall–Kier alpha value is -2.66. The Morgan fingerprint density at radius 2 is 1.52 bits per heavy atom. The number of ether oxygens (including phenoxy) is 1. The number of benzene rings is 3. The van der Waals surface area contributed by atoms with Gasteiger partial charge < -0.3 is 9.84 Å². The third-order valence-corrected chi connectivity index (χ3v) is 7.06. The van der Waals surface area contributed by atoms with Crippen molar-refractivity contribution in [2.24, 2.45) is 0 Å². The van der Waals surface area contributed by atoms with Gasteiger partial charge in [-0.3, -0.25) is 9.80 Å². The molecule has 0 unspecified atom stereocenters. The van der Waals surface area contributed by atoms with E-state index in [4.69, 9.17) is 4.74 Å². The zero-order chi connectivity index (χ0) is 21.3. The van der Waals surface area contributed by atoms with Gasteiger partial charge >= 0.3 is 0 Å². The first-order valence-corrected chi connectivity index (χ1v) is 11.1. The topological polar surface area (TPSA) is 35.9 Å². The standard InChI is InChI=1S/C27H30N2O2/c1-31-25-15-9-8-14-23(25)17-28-19-27(20-28)26(22-12-6-3-7-13-22)24(18-30)29(27)16-21-10-4-2-5-11-21/h2-15,24,26,30H,16-20H2,1H3/t24-,26+/m0/s1. The molecule has 31 heavy (non-hydrogen) atoms. The minimum absolute atomic E-state index is 0.0621. The number of methoxy groups -OCH3 is 1. The first-order chi connectivity index (χ1) is 15.2. The number of hydrogen-bond acceptors (Lipinski definition) is 4. The van der Waals surface area contributed by atoms with Gasteiger partial charge in [-0.05, 0) is 17.2 Å². The molecule has 4 heteroatoms. The highest BCUT2D eigenvalue weighted by atomic mass is 16.5. The van der Waals surface area contributed by atoms with Crippen LogP contribution in [0.5, 0.6) is 5.75 Å². The van der Waals surface area contributed by atoms with Gasteiger partial charge in [0.15, 0.2) is 0 Å². The third kappa shape index (κ3) is 3.55. The van der Waals surface area contributed by atoms with Gasteiger partial charge in [0, 0.05) is 43.7 Å². The maximum Gasteiger partial charge on any atom is 0.123 e. The summed E-state index contributed by atoms with van der Waals surface area (Å²) in [4.78, 5) is 5.04. The second-order valence-corrected chi connectivity index (χ2v) is 8.81. The average molecular weight is 415 g/mol. The fourth-order valence-corrected chi connectivity index (χ4v) is 5.71. The van der Waals surface area contributed by atoms with E-state index in [2.05, 4.69) is 82.6 Å². The molecule has 2 aliphatic heterocycles. The minimum Gasteiger partial charge on any atom is -0.496 e. The zero-order valence-electron chi connectivity index (χ0n) is 18.0. The highest BCUT2D eigenvalue weighted by Gasteiger charge is 2.65. The van der Waals surface area contributed by atoms with E-state index in [9.17, 15) is 5.11 Å². The summed E-state index contributed by atoms with van der Waals surface area (Å²) in [5.41, 5.74) is 3.92. The van der Waals surface area contributed by atoms with Crippen LogP contribution in [0, 0.1) is 0 Å². The highest BCUT2D eigenvalue weighted by Crippen LogP contribution is 2.54.